The van der Waals surface area contributed by atoms with Crippen LogP contribution in [0.15, 0.2) is 66.7 Å². The smallest absolute Gasteiger partial charge is 0.313 e. The highest BCUT2D eigenvalue weighted by Gasteiger charge is 2.29. The lowest BCUT2D eigenvalue weighted by Gasteiger charge is -2.09. The molecule has 0 bridgehead atoms. The van der Waals surface area contributed by atoms with E-state index in [0.29, 0.717) is 22.7 Å². The summed E-state index contributed by atoms with van der Waals surface area (Å²) in [6, 6.07) is 17.2. The largest absolute Gasteiger partial charge is 0.450 e. The number of nitrogens with one attached hydrogen (secondary N) is 2. The van der Waals surface area contributed by atoms with Crippen LogP contribution in [0.25, 0.3) is 0 Å². The van der Waals surface area contributed by atoms with E-state index in [2.05, 4.69) is 10.6 Å². The first-order valence-corrected chi connectivity index (χ1v) is 10.2. The standard InChI is InChI=1S/C23H18ClN3O5/c24-16-5-12-21(20(13-16)27(30)31)32-19-10-3-15(4-11-19)23(29)26-18-8-6-17(7-9-18)25-22(28)14-1-2-14/h3-14H,1-2H2,(H,25,28)(H,26,29). The number of carbonyl (C=O) groups is 2. The van der Waals surface area contributed by atoms with Gasteiger partial charge in [0, 0.05) is 33.9 Å². The summed E-state index contributed by atoms with van der Waals surface area (Å²) >= 11 is 5.81. The molecular formula is C23H18ClN3O5. The Morgan fingerprint density at radius 3 is 2.16 bits per heavy atom. The third-order valence-corrected chi connectivity index (χ3v) is 5.06. The van der Waals surface area contributed by atoms with Crippen LogP contribution in [0, 0.1) is 16.0 Å². The third-order valence-electron chi connectivity index (χ3n) is 4.82. The lowest BCUT2D eigenvalue weighted by atomic mass is 10.2. The van der Waals surface area contributed by atoms with Gasteiger partial charge in [0.05, 0.1) is 4.92 Å². The van der Waals surface area contributed by atoms with Crippen LogP contribution in [-0.4, -0.2) is 16.7 Å². The first-order chi connectivity index (χ1) is 15.4. The summed E-state index contributed by atoms with van der Waals surface area (Å²) < 4.78 is 5.58. The molecule has 0 aromatic heterocycles. The maximum Gasteiger partial charge on any atom is 0.313 e. The van der Waals surface area contributed by atoms with Crippen molar-refractivity contribution >= 4 is 40.5 Å². The fourth-order valence-corrected chi connectivity index (χ4v) is 3.12. The summed E-state index contributed by atoms with van der Waals surface area (Å²) in [5, 5.41) is 17.0. The average molecular weight is 452 g/mol. The number of hydrogen-bond acceptors (Lipinski definition) is 5. The molecule has 8 nitrogen and oxygen atoms in total. The number of carbonyl (C=O) groups excluding carboxylic acids is 2. The molecule has 0 radical (unpaired) electrons. The molecule has 0 spiro atoms. The van der Waals surface area contributed by atoms with Gasteiger partial charge in [-0.05, 0) is 73.5 Å². The van der Waals surface area contributed by atoms with Crippen LogP contribution in [-0.2, 0) is 4.79 Å². The van der Waals surface area contributed by atoms with Crippen molar-refractivity contribution in [3.8, 4) is 11.5 Å². The number of anilines is 2. The van der Waals surface area contributed by atoms with E-state index in [1.54, 1.807) is 48.5 Å². The minimum absolute atomic E-state index is 0.0213. The molecule has 0 aliphatic heterocycles. The van der Waals surface area contributed by atoms with E-state index in [1.807, 2.05) is 0 Å². The second-order valence-electron chi connectivity index (χ2n) is 7.29. The summed E-state index contributed by atoms with van der Waals surface area (Å²) in [7, 11) is 0. The second-order valence-corrected chi connectivity index (χ2v) is 7.73. The van der Waals surface area contributed by atoms with Gasteiger partial charge in [-0.15, -0.1) is 0 Å². The van der Waals surface area contributed by atoms with Gasteiger partial charge in [-0.25, -0.2) is 0 Å². The van der Waals surface area contributed by atoms with E-state index in [0.717, 1.165) is 12.8 Å². The van der Waals surface area contributed by atoms with Crippen LogP contribution in [0.4, 0.5) is 17.1 Å². The Morgan fingerprint density at radius 1 is 0.938 bits per heavy atom. The molecule has 9 heteroatoms. The van der Waals surface area contributed by atoms with Gasteiger partial charge in [0.2, 0.25) is 11.7 Å². The van der Waals surface area contributed by atoms with Crippen molar-refractivity contribution in [2.75, 3.05) is 10.6 Å². The number of nitro groups is 1. The molecule has 1 saturated carbocycles. The number of rotatable bonds is 7. The fourth-order valence-electron chi connectivity index (χ4n) is 2.95. The predicted octanol–water partition coefficient (Wildman–Crippen LogP) is 5.64. The van der Waals surface area contributed by atoms with Gasteiger partial charge in [-0.1, -0.05) is 11.6 Å². The molecular weight excluding hydrogens is 434 g/mol. The summed E-state index contributed by atoms with van der Waals surface area (Å²) in [4.78, 5) is 34.9. The fraction of sp³-hybridized carbons (Fsp3) is 0.130. The minimum Gasteiger partial charge on any atom is -0.450 e. The number of hydrogen-bond donors (Lipinski definition) is 2. The second kappa shape index (κ2) is 9.07. The molecule has 2 N–H and O–H groups in total. The van der Waals surface area contributed by atoms with Gasteiger partial charge >= 0.3 is 5.69 Å². The quantitative estimate of drug-likeness (QED) is 0.356. The van der Waals surface area contributed by atoms with Crippen molar-refractivity contribution in [1.82, 2.24) is 0 Å². The normalized spacial score (nSPS) is 12.7. The molecule has 2 amide bonds. The summed E-state index contributed by atoms with van der Waals surface area (Å²) in [6.07, 6.45) is 1.86. The monoisotopic (exact) mass is 451 g/mol. The topological polar surface area (TPSA) is 111 Å². The van der Waals surface area contributed by atoms with Gasteiger partial charge in [-0.2, -0.15) is 0 Å². The Kier molecular flexibility index (Phi) is 6.04. The van der Waals surface area contributed by atoms with Crippen LogP contribution in [0.5, 0.6) is 11.5 Å². The SMILES string of the molecule is O=C(Nc1ccc(NC(=O)C2CC2)cc1)c1ccc(Oc2ccc(Cl)cc2[N+](=O)[O-])cc1. The zero-order valence-electron chi connectivity index (χ0n) is 16.7. The molecule has 1 aliphatic carbocycles. The molecule has 162 valence electrons. The minimum atomic E-state index is -0.578. The Bertz CT molecular complexity index is 1180. The van der Waals surface area contributed by atoms with Gasteiger partial charge in [0.25, 0.3) is 5.91 Å². The first kappa shape index (κ1) is 21.3. The van der Waals surface area contributed by atoms with Crippen molar-refractivity contribution in [1.29, 1.82) is 0 Å². The van der Waals surface area contributed by atoms with E-state index >= 15 is 0 Å². The highest BCUT2D eigenvalue weighted by Crippen LogP contribution is 2.33. The molecule has 1 fully saturated rings. The van der Waals surface area contributed by atoms with Gasteiger partial charge in [0.15, 0.2) is 0 Å². The van der Waals surface area contributed by atoms with Crippen molar-refractivity contribution in [3.05, 3.63) is 87.4 Å². The van der Waals surface area contributed by atoms with E-state index in [1.165, 1.54) is 18.2 Å². The van der Waals surface area contributed by atoms with Gasteiger partial charge < -0.3 is 15.4 Å². The number of ether oxygens (including phenoxy) is 1. The summed E-state index contributed by atoms with van der Waals surface area (Å²) in [6.45, 7) is 0. The Balaban J connectivity index is 1.38. The van der Waals surface area contributed by atoms with Gasteiger partial charge in [0.1, 0.15) is 5.75 Å². The number of amides is 2. The van der Waals surface area contributed by atoms with Crippen molar-refractivity contribution in [3.63, 3.8) is 0 Å². The Hall–Kier alpha value is -3.91. The number of halogens is 1. The van der Waals surface area contributed by atoms with E-state index in [4.69, 9.17) is 16.3 Å². The van der Waals surface area contributed by atoms with Crippen LogP contribution in [0.3, 0.4) is 0 Å². The maximum atomic E-state index is 12.5. The highest BCUT2D eigenvalue weighted by atomic mass is 35.5. The van der Waals surface area contributed by atoms with E-state index < -0.39 is 4.92 Å². The third kappa shape index (κ3) is 5.22. The molecule has 3 aromatic carbocycles. The maximum absolute atomic E-state index is 12.5. The number of nitro benzene ring substituents is 1. The zero-order valence-corrected chi connectivity index (χ0v) is 17.5. The molecule has 3 aromatic rings. The van der Waals surface area contributed by atoms with E-state index in [9.17, 15) is 19.7 Å². The van der Waals surface area contributed by atoms with Gasteiger partial charge in [-0.3, -0.25) is 19.7 Å². The predicted molar refractivity (Wildman–Crippen MR) is 120 cm³/mol. The molecule has 32 heavy (non-hydrogen) atoms. The number of benzene rings is 3. The van der Waals surface area contributed by atoms with Crippen molar-refractivity contribution < 1.29 is 19.2 Å². The average Bonchev–Trinajstić information content (AvgIpc) is 3.62. The van der Waals surface area contributed by atoms with Crippen LogP contribution in [0.2, 0.25) is 5.02 Å². The molecule has 1 aliphatic rings. The molecule has 0 unspecified atom stereocenters. The van der Waals surface area contributed by atoms with Crippen LogP contribution >= 0.6 is 11.6 Å². The van der Waals surface area contributed by atoms with Crippen molar-refractivity contribution in [2.24, 2.45) is 5.92 Å². The highest BCUT2D eigenvalue weighted by molar-refractivity contribution is 6.30. The lowest BCUT2D eigenvalue weighted by Crippen LogP contribution is -2.14. The number of nitrogens with zero attached hydrogens (tertiary/aromatic N) is 1. The Labute approximate surface area is 188 Å². The molecule has 0 atom stereocenters. The summed E-state index contributed by atoms with van der Waals surface area (Å²) in [5.41, 5.74) is 1.39. The molecule has 0 saturated heterocycles. The molecule has 0 heterocycles. The lowest BCUT2D eigenvalue weighted by molar-refractivity contribution is -0.385. The van der Waals surface area contributed by atoms with Crippen molar-refractivity contribution in [2.45, 2.75) is 12.8 Å². The summed E-state index contributed by atoms with van der Waals surface area (Å²) in [5.74, 6) is 0.192. The first-order valence-electron chi connectivity index (χ1n) is 9.83. The zero-order chi connectivity index (χ0) is 22.7. The van der Waals surface area contributed by atoms with Crippen LogP contribution < -0.4 is 15.4 Å². The van der Waals surface area contributed by atoms with Crippen LogP contribution in [0.1, 0.15) is 23.2 Å². The Morgan fingerprint density at radius 2 is 1.56 bits per heavy atom. The molecule has 4 rings (SSSR count). The van der Waals surface area contributed by atoms with E-state index in [-0.39, 0.29) is 34.2 Å².